The summed E-state index contributed by atoms with van der Waals surface area (Å²) in [6.07, 6.45) is 2.48. The highest BCUT2D eigenvalue weighted by Crippen LogP contribution is 2.37. The molecule has 0 aliphatic rings. The van der Waals surface area contributed by atoms with Gasteiger partial charge in [-0.1, -0.05) is 46.8 Å². The van der Waals surface area contributed by atoms with Crippen molar-refractivity contribution >= 4 is 12.1 Å². The van der Waals surface area contributed by atoms with Gasteiger partial charge in [0.15, 0.2) is 18.1 Å². The number of ether oxygens (including phenoxy) is 3. The monoisotopic (exact) mass is 442 g/mol. The van der Waals surface area contributed by atoms with Crippen molar-refractivity contribution in [1.29, 1.82) is 0 Å². The average molecular weight is 443 g/mol. The van der Waals surface area contributed by atoms with Crippen LogP contribution < -0.4 is 19.6 Å². The van der Waals surface area contributed by atoms with E-state index in [1.54, 1.807) is 12.1 Å². The molecule has 2 aromatic rings. The fourth-order valence-electron chi connectivity index (χ4n) is 3.78. The zero-order chi connectivity index (χ0) is 23.9. The molecule has 0 spiro atoms. The van der Waals surface area contributed by atoms with E-state index >= 15 is 0 Å². The maximum Gasteiger partial charge on any atom is 0.277 e. The minimum absolute atomic E-state index is 0.0441. The number of methoxy groups -OCH3 is 2. The first-order valence-electron chi connectivity index (χ1n) is 10.5. The summed E-state index contributed by atoms with van der Waals surface area (Å²) in [5, 5.41) is 13.9. The largest absolute Gasteiger partial charge is 0.502 e. The number of carbonyl (C=O) groups excluding carboxylic acids is 1. The summed E-state index contributed by atoms with van der Waals surface area (Å²) in [5.41, 5.74) is 4.51. The predicted molar refractivity (Wildman–Crippen MR) is 126 cm³/mol. The van der Waals surface area contributed by atoms with E-state index in [2.05, 4.69) is 45.1 Å². The Hall–Kier alpha value is -3.22. The lowest BCUT2D eigenvalue weighted by atomic mass is 9.72. The van der Waals surface area contributed by atoms with E-state index in [4.69, 9.17) is 14.2 Å². The van der Waals surface area contributed by atoms with Crippen LogP contribution in [0.25, 0.3) is 0 Å². The Morgan fingerprint density at radius 3 is 2.09 bits per heavy atom. The van der Waals surface area contributed by atoms with Gasteiger partial charge >= 0.3 is 0 Å². The summed E-state index contributed by atoms with van der Waals surface area (Å²) in [4.78, 5) is 12.1. The summed E-state index contributed by atoms with van der Waals surface area (Å²) in [5.74, 6) is 0.616. The molecule has 0 saturated carbocycles. The minimum atomic E-state index is -0.393. The third kappa shape index (κ3) is 7.18. The van der Waals surface area contributed by atoms with Gasteiger partial charge in [-0.3, -0.25) is 4.79 Å². The summed E-state index contributed by atoms with van der Waals surface area (Å²) >= 11 is 0. The first-order valence-corrected chi connectivity index (χ1v) is 10.5. The van der Waals surface area contributed by atoms with E-state index in [0.29, 0.717) is 11.3 Å². The van der Waals surface area contributed by atoms with Crippen LogP contribution in [0.3, 0.4) is 0 Å². The van der Waals surface area contributed by atoms with E-state index in [1.165, 1.54) is 26.0 Å². The number of rotatable bonds is 9. The van der Waals surface area contributed by atoms with E-state index in [0.717, 1.165) is 6.42 Å². The second kappa shape index (κ2) is 10.4. The van der Waals surface area contributed by atoms with Gasteiger partial charge in [-0.2, -0.15) is 5.10 Å². The number of nitrogens with one attached hydrogen (secondary N) is 1. The highest BCUT2D eigenvalue weighted by atomic mass is 16.5. The third-order valence-corrected chi connectivity index (χ3v) is 4.88. The van der Waals surface area contributed by atoms with E-state index < -0.39 is 5.91 Å². The van der Waals surface area contributed by atoms with Crippen LogP contribution in [-0.2, 0) is 10.2 Å². The van der Waals surface area contributed by atoms with Crippen molar-refractivity contribution in [2.24, 2.45) is 10.5 Å². The fraction of sp³-hybridized carbons (Fsp3) is 0.440. The van der Waals surface area contributed by atoms with Gasteiger partial charge in [0.05, 0.1) is 20.4 Å². The second-order valence-electron chi connectivity index (χ2n) is 9.50. The number of aromatic hydroxyl groups is 1. The van der Waals surface area contributed by atoms with Gasteiger partial charge in [0, 0.05) is 5.56 Å². The fourth-order valence-corrected chi connectivity index (χ4v) is 3.78. The molecule has 0 bridgehead atoms. The predicted octanol–water partition coefficient (Wildman–Crippen LogP) is 4.65. The summed E-state index contributed by atoms with van der Waals surface area (Å²) in [7, 11) is 2.87. The molecule has 174 valence electrons. The lowest BCUT2D eigenvalue weighted by Gasteiger charge is -2.33. The molecule has 1 amide bonds. The molecular formula is C25H34N2O5. The Labute approximate surface area is 190 Å². The first kappa shape index (κ1) is 25.0. The Kier molecular flexibility index (Phi) is 8.14. The number of phenolic OH excluding ortho intramolecular Hbond substituents is 1. The molecule has 0 atom stereocenters. The Bertz CT molecular complexity index is 919. The first-order chi connectivity index (χ1) is 14.9. The molecule has 0 radical (unpaired) electrons. The van der Waals surface area contributed by atoms with Gasteiger partial charge in [0.25, 0.3) is 5.91 Å². The Balaban J connectivity index is 1.91. The number of carbonyl (C=O) groups is 1. The minimum Gasteiger partial charge on any atom is -0.502 e. The number of hydrogen-bond acceptors (Lipinski definition) is 6. The zero-order valence-corrected chi connectivity index (χ0v) is 20.0. The average Bonchev–Trinajstić information content (AvgIpc) is 2.71. The van der Waals surface area contributed by atoms with E-state index in [1.807, 2.05) is 24.3 Å². The number of hydrazone groups is 1. The number of phenols is 1. The Morgan fingerprint density at radius 1 is 1.03 bits per heavy atom. The van der Waals surface area contributed by atoms with Crippen LogP contribution in [0, 0.1) is 5.41 Å². The summed E-state index contributed by atoms with van der Waals surface area (Å²) < 4.78 is 15.8. The molecule has 0 unspecified atom stereocenters. The van der Waals surface area contributed by atoms with Crippen LogP contribution in [0.5, 0.6) is 23.0 Å². The van der Waals surface area contributed by atoms with Crippen molar-refractivity contribution in [1.82, 2.24) is 5.43 Å². The number of hydrogen-bond donors (Lipinski definition) is 2. The van der Waals surface area contributed by atoms with Crippen molar-refractivity contribution < 1.29 is 24.1 Å². The molecule has 0 aliphatic carbocycles. The van der Waals surface area contributed by atoms with Crippen molar-refractivity contribution in [3.8, 4) is 23.0 Å². The van der Waals surface area contributed by atoms with Gasteiger partial charge in [-0.15, -0.1) is 0 Å². The van der Waals surface area contributed by atoms with Crippen LogP contribution in [-0.4, -0.2) is 38.1 Å². The molecule has 2 rings (SSSR count). The number of amides is 1. The summed E-state index contributed by atoms with van der Waals surface area (Å²) in [6, 6.07) is 11.0. The quantitative estimate of drug-likeness (QED) is 0.436. The molecule has 2 aromatic carbocycles. The van der Waals surface area contributed by atoms with Crippen molar-refractivity contribution in [3.05, 3.63) is 47.5 Å². The maximum absolute atomic E-state index is 12.1. The molecule has 7 heteroatoms. The molecule has 0 saturated heterocycles. The third-order valence-electron chi connectivity index (χ3n) is 4.88. The highest BCUT2D eigenvalue weighted by Gasteiger charge is 2.27. The number of nitrogens with zero attached hydrogens (tertiary/aromatic N) is 1. The van der Waals surface area contributed by atoms with Crippen LogP contribution >= 0.6 is 0 Å². The molecular weight excluding hydrogens is 408 g/mol. The van der Waals surface area contributed by atoms with Crippen molar-refractivity contribution in [2.45, 2.75) is 46.5 Å². The molecule has 7 nitrogen and oxygen atoms in total. The van der Waals surface area contributed by atoms with Gasteiger partial charge in [0.1, 0.15) is 5.75 Å². The lowest BCUT2D eigenvalue weighted by molar-refractivity contribution is -0.123. The van der Waals surface area contributed by atoms with Gasteiger partial charge in [-0.25, -0.2) is 5.43 Å². The van der Waals surface area contributed by atoms with Crippen LogP contribution in [0.4, 0.5) is 0 Å². The maximum atomic E-state index is 12.1. The van der Waals surface area contributed by atoms with Crippen molar-refractivity contribution in [3.63, 3.8) is 0 Å². The summed E-state index contributed by atoms with van der Waals surface area (Å²) in [6.45, 7) is 11.0. The normalized spacial score (nSPS) is 12.0. The Morgan fingerprint density at radius 2 is 1.59 bits per heavy atom. The topological polar surface area (TPSA) is 89.4 Å². The number of benzene rings is 2. The van der Waals surface area contributed by atoms with Gasteiger partial charge in [0.2, 0.25) is 5.75 Å². The second-order valence-corrected chi connectivity index (χ2v) is 9.50. The molecule has 0 fully saturated rings. The molecule has 0 heterocycles. The lowest BCUT2D eigenvalue weighted by Crippen LogP contribution is -2.25. The van der Waals surface area contributed by atoms with Crippen LogP contribution in [0.1, 0.15) is 52.2 Å². The van der Waals surface area contributed by atoms with Crippen LogP contribution in [0.2, 0.25) is 0 Å². The van der Waals surface area contributed by atoms with Crippen LogP contribution in [0.15, 0.2) is 41.5 Å². The zero-order valence-electron chi connectivity index (χ0n) is 20.0. The standard InChI is InChI=1S/C25H34N2O5/c1-24(2,3)16-25(4,5)18-8-10-19(11-9-18)32-15-22(28)27-26-14-17-12-20(30-6)23(29)21(13-17)31-7/h8-14,29H,15-16H2,1-7H3,(H,27,28)/b26-14+. The van der Waals surface area contributed by atoms with Crippen molar-refractivity contribution in [2.75, 3.05) is 20.8 Å². The van der Waals surface area contributed by atoms with Gasteiger partial charge < -0.3 is 19.3 Å². The smallest absolute Gasteiger partial charge is 0.277 e. The molecule has 32 heavy (non-hydrogen) atoms. The SMILES string of the molecule is COc1cc(/C=N/NC(=O)COc2ccc(C(C)(C)CC(C)(C)C)cc2)cc(OC)c1O. The molecule has 0 aliphatic heterocycles. The highest BCUT2D eigenvalue weighted by molar-refractivity contribution is 5.84. The van der Waals surface area contributed by atoms with E-state index in [9.17, 15) is 9.90 Å². The molecule has 0 aromatic heterocycles. The van der Waals surface area contributed by atoms with Gasteiger partial charge in [-0.05, 0) is 47.1 Å². The molecule has 2 N–H and O–H groups in total. The van der Waals surface area contributed by atoms with E-state index in [-0.39, 0.29) is 34.7 Å².